The maximum atomic E-state index is 11.6. The molecule has 0 saturated carbocycles. The van der Waals surface area contributed by atoms with Gasteiger partial charge in [0.25, 0.3) is 0 Å². The first kappa shape index (κ1) is 13.8. The molecule has 0 aliphatic rings. The number of nitrogens with one attached hydrogen (secondary N) is 1. The van der Waals surface area contributed by atoms with Gasteiger partial charge in [0.15, 0.2) is 5.78 Å². The quantitative estimate of drug-likeness (QED) is 0.688. The minimum absolute atomic E-state index is 0.0722. The van der Waals surface area contributed by atoms with Gasteiger partial charge in [-0.25, -0.2) is 0 Å². The Hall–Kier alpha value is -1.65. The van der Waals surface area contributed by atoms with Crippen molar-refractivity contribution < 1.29 is 9.59 Å². The molecule has 0 radical (unpaired) electrons. The Labute approximate surface area is 120 Å². The number of Topliss-reactive ketones (excluding diaryl/α,β-unsaturated/α-hetero) is 1. The van der Waals surface area contributed by atoms with Crippen LogP contribution in [0.1, 0.15) is 16.6 Å². The second kappa shape index (κ2) is 5.99. The lowest BCUT2D eigenvalue weighted by atomic mass is 10.2. The molecule has 0 spiro atoms. The zero-order valence-corrected chi connectivity index (χ0v) is 11.8. The van der Waals surface area contributed by atoms with E-state index in [0.29, 0.717) is 10.6 Å². The van der Waals surface area contributed by atoms with E-state index in [9.17, 15) is 9.59 Å². The van der Waals surface area contributed by atoms with Crippen molar-refractivity contribution in [2.75, 3.05) is 11.2 Å². The lowest BCUT2D eigenvalue weighted by molar-refractivity contribution is -0.113. The van der Waals surface area contributed by atoms with Gasteiger partial charge in [-0.15, -0.1) is 22.9 Å². The van der Waals surface area contributed by atoms with Crippen LogP contribution in [-0.4, -0.2) is 17.6 Å². The minimum Gasteiger partial charge on any atom is -0.324 e. The molecule has 0 fully saturated rings. The van der Waals surface area contributed by atoms with Crippen LogP contribution in [0.4, 0.5) is 5.69 Å². The number of hydrogen-bond acceptors (Lipinski definition) is 3. The van der Waals surface area contributed by atoms with E-state index in [1.165, 1.54) is 18.3 Å². The summed E-state index contributed by atoms with van der Waals surface area (Å²) >= 11 is 6.83. The fourth-order valence-corrected chi connectivity index (χ4v) is 2.75. The smallest absolute Gasteiger partial charge is 0.239 e. The van der Waals surface area contributed by atoms with Crippen LogP contribution in [0.5, 0.6) is 0 Å². The summed E-state index contributed by atoms with van der Waals surface area (Å²) in [5.74, 6) is -0.521. The number of hydrogen-bond donors (Lipinski definition) is 1. The van der Waals surface area contributed by atoms with Gasteiger partial charge < -0.3 is 5.32 Å². The van der Waals surface area contributed by atoms with E-state index in [-0.39, 0.29) is 17.6 Å². The number of rotatable bonds is 4. The maximum Gasteiger partial charge on any atom is 0.239 e. The van der Waals surface area contributed by atoms with Gasteiger partial charge >= 0.3 is 0 Å². The number of alkyl halides is 1. The summed E-state index contributed by atoms with van der Waals surface area (Å²) in [5.41, 5.74) is 1.54. The van der Waals surface area contributed by atoms with Gasteiger partial charge in [0.2, 0.25) is 5.91 Å². The molecule has 0 aliphatic carbocycles. The van der Waals surface area contributed by atoms with Crippen LogP contribution in [0.25, 0.3) is 10.4 Å². The third-order valence-corrected chi connectivity index (χ3v) is 4.03. The summed E-state index contributed by atoms with van der Waals surface area (Å²) in [6.07, 6.45) is 0. The zero-order chi connectivity index (χ0) is 13.8. The van der Waals surface area contributed by atoms with E-state index in [1.807, 2.05) is 30.3 Å². The molecule has 3 nitrogen and oxygen atoms in total. The van der Waals surface area contributed by atoms with Crippen molar-refractivity contribution in [3.8, 4) is 10.4 Å². The molecular formula is C14H12ClNO2S. The number of carbonyl (C=O) groups excluding carboxylic acids is 2. The number of ketones is 1. The predicted octanol–water partition coefficient (Wildman–Crippen LogP) is 3.80. The topological polar surface area (TPSA) is 46.2 Å². The van der Waals surface area contributed by atoms with Crippen molar-refractivity contribution in [2.24, 2.45) is 0 Å². The summed E-state index contributed by atoms with van der Waals surface area (Å²) in [6, 6.07) is 11.5. The first-order valence-electron chi connectivity index (χ1n) is 5.68. The summed E-state index contributed by atoms with van der Waals surface area (Å²) < 4.78 is 0. The first-order chi connectivity index (χ1) is 9.11. The van der Waals surface area contributed by atoms with Crippen molar-refractivity contribution >= 4 is 40.3 Å². The Bertz CT molecular complexity index is 607. The highest BCUT2D eigenvalue weighted by Crippen LogP contribution is 2.35. The average Bonchev–Trinajstić information content (AvgIpc) is 2.83. The molecule has 2 rings (SSSR count). The molecule has 1 heterocycles. The van der Waals surface area contributed by atoms with Crippen LogP contribution in [0.3, 0.4) is 0 Å². The third-order valence-electron chi connectivity index (χ3n) is 2.51. The van der Waals surface area contributed by atoms with Gasteiger partial charge in [-0.2, -0.15) is 0 Å². The van der Waals surface area contributed by atoms with Crippen LogP contribution in [0.2, 0.25) is 0 Å². The number of thiophene rings is 1. The Morgan fingerprint density at radius 2 is 1.95 bits per heavy atom. The molecule has 0 aliphatic heterocycles. The van der Waals surface area contributed by atoms with E-state index in [0.717, 1.165) is 10.4 Å². The fourth-order valence-electron chi connectivity index (χ4n) is 1.67. The molecule has 98 valence electrons. The number of halogens is 1. The van der Waals surface area contributed by atoms with Crippen molar-refractivity contribution in [3.05, 3.63) is 41.3 Å². The highest BCUT2D eigenvalue weighted by Gasteiger charge is 2.15. The minimum atomic E-state index is -0.318. The molecule has 19 heavy (non-hydrogen) atoms. The van der Waals surface area contributed by atoms with E-state index in [4.69, 9.17) is 11.6 Å². The van der Waals surface area contributed by atoms with Gasteiger partial charge in [0.1, 0.15) is 5.88 Å². The molecule has 0 unspecified atom stereocenters. The summed E-state index contributed by atoms with van der Waals surface area (Å²) in [4.78, 5) is 24.4. The normalized spacial score (nSPS) is 10.2. The van der Waals surface area contributed by atoms with E-state index < -0.39 is 0 Å². The SMILES string of the molecule is CC(=O)c1sc(-c2ccccc2)cc1NC(=O)CCl. The van der Waals surface area contributed by atoms with E-state index >= 15 is 0 Å². The van der Waals surface area contributed by atoms with Gasteiger partial charge in [-0.3, -0.25) is 9.59 Å². The lowest BCUT2D eigenvalue weighted by Gasteiger charge is -2.01. The van der Waals surface area contributed by atoms with Gasteiger partial charge in [-0.05, 0) is 11.6 Å². The average molecular weight is 294 g/mol. The third kappa shape index (κ3) is 3.22. The number of benzene rings is 1. The molecular weight excluding hydrogens is 282 g/mol. The summed E-state index contributed by atoms with van der Waals surface area (Å²) in [7, 11) is 0. The monoisotopic (exact) mass is 293 g/mol. The van der Waals surface area contributed by atoms with Crippen LogP contribution in [-0.2, 0) is 4.79 Å². The highest BCUT2D eigenvalue weighted by atomic mass is 35.5. The molecule has 1 N–H and O–H groups in total. The fraction of sp³-hybridized carbons (Fsp3) is 0.143. The molecule has 0 saturated heterocycles. The Morgan fingerprint density at radius 3 is 2.53 bits per heavy atom. The number of carbonyl (C=O) groups is 2. The van der Waals surface area contributed by atoms with Crippen LogP contribution in [0, 0.1) is 0 Å². The zero-order valence-electron chi connectivity index (χ0n) is 10.3. The van der Waals surface area contributed by atoms with E-state index in [1.54, 1.807) is 6.07 Å². The van der Waals surface area contributed by atoms with Crippen LogP contribution >= 0.6 is 22.9 Å². The van der Waals surface area contributed by atoms with Crippen LogP contribution in [0.15, 0.2) is 36.4 Å². The second-order valence-electron chi connectivity index (χ2n) is 3.96. The largest absolute Gasteiger partial charge is 0.324 e. The molecule has 0 atom stereocenters. The summed E-state index contributed by atoms with van der Waals surface area (Å²) in [6.45, 7) is 1.48. The van der Waals surface area contributed by atoms with E-state index in [2.05, 4.69) is 5.32 Å². The lowest BCUT2D eigenvalue weighted by Crippen LogP contribution is -2.13. The molecule has 5 heteroatoms. The maximum absolute atomic E-state index is 11.6. The first-order valence-corrected chi connectivity index (χ1v) is 7.03. The van der Waals surface area contributed by atoms with Crippen molar-refractivity contribution in [1.29, 1.82) is 0 Å². The molecule has 1 aromatic carbocycles. The number of anilines is 1. The summed E-state index contributed by atoms with van der Waals surface area (Å²) in [5, 5.41) is 2.65. The van der Waals surface area contributed by atoms with Gasteiger partial charge in [-0.1, -0.05) is 30.3 Å². The Balaban J connectivity index is 2.41. The predicted molar refractivity (Wildman–Crippen MR) is 79.1 cm³/mol. The van der Waals surface area contributed by atoms with Crippen molar-refractivity contribution in [3.63, 3.8) is 0 Å². The van der Waals surface area contributed by atoms with Crippen molar-refractivity contribution in [2.45, 2.75) is 6.92 Å². The molecule has 1 amide bonds. The van der Waals surface area contributed by atoms with Crippen LogP contribution < -0.4 is 5.32 Å². The number of amides is 1. The Morgan fingerprint density at radius 1 is 1.26 bits per heavy atom. The molecule has 0 bridgehead atoms. The standard InChI is InChI=1S/C14H12ClNO2S/c1-9(17)14-11(16-13(18)8-15)7-12(19-14)10-5-3-2-4-6-10/h2-7H,8H2,1H3,(H,16,18). The highest BCUT2D eigenvalue weighted by molar-refractivity contribution is 7.18. The molecule has 1 aromatic heterocycles. The van der Waals surface area contributed by atoms with Crippen molar-refractivity contribution in [1.82, 2.24) is 0 Å². The second-order valence-corrected chi connectivity index (χ2v) is 5.28. The molecule has 2 aromatic rings. The Kier molecular flexibility index (Phi) is 4.35. The van der Waals surface area contributed by atoms with Gasteiger partial charge in [0.05, 0.1) is 10.6 Å². The van der Waals surface area contributed by atoms with Gasteiger partial charge in [0, 0.05) is 11.8 Å².